The fourth-order valence-electron chi connectivity index (χ4n) is 2.79. The van der Waals surface area contributed by atoms with Gasteiger partial charge in [-0.1, -0.05) is 18.5 Å². The van der Waals surface area contributed by atoms with Gasteiger partial charge in [0.2, 0.25) is 5.91 Å². The first-order chi connectivity index (χ1) is 10.5. The van der Waals surface area contributed by atoms with Gasteiger partial charge in [-0.3, -0.25) is 9.69 Å². The number of nitrogens with one attached hydrogen (secondary N) is 1. The van der Waals surface area contributed by atoms with Gasteiger partial charge < -0.3 is 10.4 Å². The third kappa shape index (κ3) is 4.18. The second-order valence-electron chi connectivity index (χ2n) is 5.96. The highest BCUT2D eigenvalue weighted by Gasteiger charge is 2.32. The number of aliphatic hydroxyl groups is 1. The number of carbonyl (C=O) groups is 1. The lowest BCUT2D eigenvalue weighted by molar-refractivity contribution is -0.118. The third-order valence-corrected chi connectivity index (χ3v) is 4.89. The predicted molar refractivity (Wildman–Crippen MR) is 85.5 cm³/mol. The van der Waals surface area contributed by atoms with Crippen LogP contribution >= 0.6 is 11.6 Å². The number of hydrogen-bond acceptors (Lipinski definition) is 3. The van der Waals surface area contributed by atoms with Crippen molar-refractivity contribution in [2.75, 3.05) is 31.6 Å². The smallest absolute Gasteiger partial charge is 0.238 e. The number of aliphatic hydroxyl groups excluding tert-OH is 1. The Bertz CT molecular complexity index is 525. The number of likely N-dealkylation sites (tertiary alicyclic amines) is 1. The summed E-state index contributed by atoms with van der Waals surface area (Å²) in [5, 5.41) is 12.4. The van der Waals surface area contributed by atoms with E-state index in [-0.39, 0.29) is 29.5 Å². The van der Waals surface area contributed by atoms with Gasteiger partial charge in [-0.05, 0) is 56.0 Å². The van der Waals surface area contributed by atoms with E-state index >= 15 is 0 Å². The second kappa shape index (κ2) is 7.40. The van der Waals surface area contributed by atoms with E-state index in [1.807, 2.05) is 0 Å². The van der Waals surface area contributed by atoms with Crippen molar-refractivity contribution in [3.63, 3.8) is 0 Å². The molecule has 2 N–H and O–H groups in total. The lowest BCUT2D eigenvalue weighted by Crippen LogP contribution is -2.44. The van der Waals surface area contributed by atoms with Crippen molar-refractivity contribution in [2.24, 2.45) is 5.41 Å². The van der Waals surface area contributed by atoms with Gasteiger partial charge in [0, 0.05) is 6.61 Å². The molecule has 2 rings (SSSR count). The summed E-state index contributed by atoms with van der Waals surface area (Å²) in [4.78, 5) is 14.1. The molecule has 1 aliphatic heterocycles. The molecule has 1 fully saturated rings. The number of benzene rings is 1. The Balaban J connectivity index is 1.86. The first-order valence-corrected chi connectivity index (χ1v) is 7.94. The Morgan fingerprint density at radius 1 is 1.45 bits per heavy atom. The molecule has 4 nitrogen and oxygen atoms in total. The quantitative estimate of drug-likeness (QED) is 0.874. The Morgan fingerprint density at radius 3 is 2.68 bits per heavy atom. The van der Waals surface area contributed by atoms with Crippen LogP contribution in [0.15, 0.2) is 18.2 Å². The monoisotopic (exact) mass is 328 g/mol. The highest BCUT2D eigenvalue weighted by atomic mass is 35.5. The molecule has 1 aromatic carbocycles. The number of hydrogen-bond donors (Lipinski definition) is 2. The molecule has 1 aliphatic rings. The van der Waals surface area contributed by atoms with Crippen molar-refractivity contribution in [1.29, 1.82) is 0 Å². The topological polar surface area (TPSA) is 52.6 Å². The summed E-state index contributed by atoms with van der Waals surface area (Å²) >= 11 is 5.90. The molecule has 0 bridgehead atoms. The summed E-state index contributed by atoms with van der Waals surface area (Å²) in [6, 6.07) is 3.90. The molecular weight excluding hydrogens is 307 g/mol. The van der Waals surface area contributed by atoms with Crippen molar-refractivity contribution >= 4 is 23.2 Å². The molecule has 1 saturated heterocycles. The molecule has 0 saturated carbocycles. The van der Waals surface area contributed by atoms with Crippen LogP contribution in [0.25, 0.3) is 0 Å². The normalized spacial score (nSPS) is 18.2. The van der Waals surface area contributed by atoms with Gasteiger partial charge >= 0.3 is 0 Å². The van der Waals surface area contributed by atoms with Crippen molar-refractivity contribution in [1.82, 2.24) is 4.90 Å². The summed E-state index contributed by atoms with van der Waals surface area (Å²) in [5.41, 5.74) is 0.427. The van der Waals surface area contributed by atoms with E-state index in [9.17, 15) is 14.3 Å². The fraction of sp³-hybridized carbons (Fsp3) is 0.562. The maximum Gasteiger partial charge on any atom is 0.238 e. The van der Waals surface area contributed by atoms with E-state index in [0.717, 1.165) is 32.4 Å². The number of nitrogens with zero attached hydrogens (tertiary/aromatic N) is 1. The van der Waals surface area contributed by atoms with Crippen molar-refractivity contribution in [3.05, 3.63) is 29.0 Å². The van der Waals surface area contributed by atoms with E-state index in [2.05, 4.69) is 17.1 Å². The van der Waals surface area contributed by atoms with Crippen LogP contribution in [0, 0.1) is 11.2 Å². The van der Waals surface area contributed by atoms with E-state index in [1.54, 1.807) is 0 Å². The standard InChI is InChI=1S/C16H22ClFN2O2/c1-2-16(11-21)5-7-20(8-6-16)10-15(22)19-14-4-3-12(18)9-13(14)17/h3-4,9,21H,2,5-8,10-11H2,1H3,(H,19,22). The molecule has 6 heteroatoms. The lowest BCUT2D eigenvalue weighted by Gasteiger charge is -2.39. The average molecular weight is 329 g/mol. The highest BCUT2D eigenvalue weighted by Crippen LogP contribution is 2.34. The molecule has 0 aromatic heterocycles. The SMILES string of the molecule is CCC1(CO)CCN(CC(=O)Nc2ccc(F)cc2Cl)CC1. The molecule has 1 amide bonds. The molecule has 0 radical (unpaired) electrons. The Hall–Kier alpha value is -1.17. The number of carbonyl (C=O) groups excluding carboxylic acids is 1. The molecule has 1 heterocycles. The number of rotatable bonds is 5. The second-order valence-corrected chi connectivity index (χ2v) is 6.37. The summed E-state index contributed by atoms with van der Waals surface area (Å²) in [5.74, 6) is -0.597. The van der Waals surface area contributed by atoms with Gasteiger partial charge in [0.15, 0.2) is 0 Å². The lowest BCUT2D eigenvalue weighted by atomic mass is 9.77. The Labute approximate surface area is 135 Å². The summed E-state index contributed by atoms with van der Waals surface area (Å²) in [7, 11) is 0. The van der Waals surface area contributed by atoms with Crippen molar-refractivity contribution in [2.45, 2.75) is 26.2 Å². The maximum atomic E-state index is 13.0. The molecule has 22 heavy (non-hydrogen) atoms. The summed E-state index contributed by atoms with van der Waals surface area (Å²) in [6.45, 7) is 4.15. The van der Waals surface area contributed by atoms with Crippen LogP contribution in [0.3, 0.4) is 0 Å². The van der Waals surface area contributed by atoms with Crippen LogP contribution in [-0.4, -0.2) is 42.2 Å². The number of halogens is 2. The zero-order valence-electron chi connectivity index (χ0n) is 12.7. The fourth-order valence-corrected chi connectivity index (χ4v) is 3.01. The van der Waals surface area contributed by atoms with E-state index in [1.165, 1.54) is 18.2 Å². The van der Waals surface area contributed by atoms with Crippen LogP contribution < -0.4 is 5.32 Å². The summed E-state index contributed by atoms with van der Waals surface area (Å²) in [6.07, 6.45) is 2.74. The van der Waals surface area contributed by atoms with E-state index in [4.69, 9.17) is 11.6 Å². The van der Waals surface area contributed by atoms with Crippen LogP contribution in [0.2, 0.25) is 5.02 Å². The first kappa shape index (κ1) is 17.2. The molecule has 1 aromatic rings. The largest absolute Gasteiger partial charge is 0.396 e. The van der Waals surface area contributed by atoms with Crippen molar-refractivity contribution in [3.8, 4) is 0 Å². The molecular formula is C16H22ClFN2O2. The molecule has 0 unspecified atom stereocenters. The highest BCUT2D eigenvalue weighted by molar-refractivity contribution is 6.33. The van der Waals surface area contributed by atoms with Gasteiger partial charge in [0.05, 0.1) is 17.3 Å². The van der Waals surface area contributed by atoms with Crippen molar-refractivity contribution < 1.29 is 14.3 Å². The van der Waals surface area contributed by atoms with Crippen LogP contribution in [0.1, 0.15) is 26.2 Å². The van der Waals surface area contributed by atoms with Gasteiger partial charge in [-0.15, -0.1) is 0 Å². The van der Waals surface area contributed by atoms with Gasteiger partial charge in [0.1, 0.15) is 5.82 Å². The minimum atomic E-state index is -0.432. The van der Waals surface area contributed by atoms with E-state index in [0.29, 0.717) is 5.69 Å². The molecule has 0 aliphatic carbocycles. The zero-order valence-corrected chi connectivity index (χ0v) is 13.5. The Morgan fingerprint density at radius 2 is 2.14 bits per heavy atom. The van der Waals surface area contributed by atoms with Crippen LogP contribution in [0.4, 0.5) is 10.1 Å². The predicted octanol–water partition coefficient (Wildman–Crippen LogP) is 2.90. The molecule has 122 valence electrons. The van der Waals surface area contributed by atoms with Gasteiger partial charge in [0.25, 0.3) is 0 Å². The zero-order chi connectivity index (χ0) is 16.2. The van der Waals surface area contributed by atoms with Gasteiger partial charge in [-0.2, -0.15) is 0 Å². The first-order valence-electron chi connectivity index (χ1n) is 7.56. The molecule has 0 atom stereocenters. The molecule has 0 spiro atoms. The number of piperidine rings is 1. The Kier molecular flexibility index (Phi) is 5.78. The minimum Gasteiger partial charge on any atom is -0.396 e. The number of anilines is 1. The maximum absolute atomic E-state index is 13.0. The third-order valence-electron chi connectivity index (χ3n) is 4.57. The number of amides is 1. The summed E-state index contributed by atoms with van der Waals surface area (Å²) < 4.78 is 13.0. The minimum absolute atomic E-state index is 0.00718. The average Bonchev–Trinajstić information content (AvgIpc) is 2.51. The van der Waals surface area contributed by atoms with Crippen LogP contribution in [0.5, 0.6) is 0 Å². The van der Waals surface area contributed by atoms with E-state index < -0.39 is 5.82 Å². The van der Waals surface area contributed by atoms with Gasteiger partial charge in [-0.25, -0.2) is 4.39 Å². The van der Waals surface area contributed by atoms with Crippen LogP contribution in [-0.2, 0) is 4.79 Å².